The number of anilines is 3. The lowest BCUT2D eigenvalue weighted by atomic mass is 10.1. The van der Waals surface area contributed by atoms with Crippen LogP contribution in [0.1, 0.15) is 18.4 Å². The van der Waals surface area contributed by atoms with Crippen molar-refractivity contribution in [1.29, 1.82) is 0 Å². The van der Waals surface area contributed by atoms with Crippen LogP contribution in [0, 0.1) is 6.92 Å². The largest absolute Gasteiger partial charge is 0.573 e. The van der Waals surface area contributed by atoms with Gasteiger partial charge in [0.2, 0.25) is 5.95 Å². The molecule has 5 nitrogen and oxygen atoms in total. The van der Waals surface area contributed by atoms with Gasteiger partial charge in [-0.1, -0.05) is 34.1 Å². The Morgan fingerprint density at radius 2 is 1.83 bits per heavy atom. The molecule has 1 aromatic heterocycles. The van der Waals surface area contributed by atoms with Gasteiger partial charge in [-0.3, -0.25) is 0 Å². The molecule has 156 valence electrons. The number of hydrogen-bond donors (Lipinski definition) is 2. The highest BCUT2D eigenvalue weighted by atomic mass is 79.9. The maximum absolute atomic E-state index is 12.6. The minimum absolute atomic E-state index is 0.298. The molecule has 1 heterocycles. The van der Waals surface area contributed by atoms with E-state index in [1.165, 1.54) is 18.2 Å². The Morgan fingerprint density at radius 3 is 2.57 bits per heavy atom. The molecule has 0 spiro atoms. The lowest BCUT2D eigenvalue weighted by Gasteiger charge is -2.14. The van der Waals surface area contributed by atoms with E-state index in [1.54, 1.807) is 12.1 Å². The van der Waals surface area contributed by atoms with Crippen LogP contribution in [0.4, 0.5) is 30.6 Å². The van der Waals surface area contributed by atoms with Gasteiger partial charge >= 0.3 is 6.36 Å². The third kappa shape index (κ3) is 5.21. The summed E-state index contributed by atoms with van der Waals surface area (Å²) in [5.74, 6) is 0.659. The molecule has 0 amide bonds. The third-order valence-corrected chi connectivity index (χ3v) is 5.39. The fraction of sp³-hybridized carbons (Fsp3) is 0.238. The normalized spacial score (nSPS) is 13.8. The summed E-state index contributed by atoms with van der Waals surface area (Å²) in [6.07, 6.45) is -2.68. The van der Waals surface area contributed by atoms with Crippen molar-refractivity contribution in [2.45, 2.75) is 32.2 Å². The SMILES string of the molecule is Cc1c(Br)cccc1Nc1cc(-c2cccc(OC(F)(F)F)c2)nc(NC2CC2)n1. The molecule has 9 heteroatoms. The minimum atomic E-state index is -4.76. The van der Waals surface area contributed by atoms with Gasteiger partial charge in [0.1, 0.15) is 11.6 Å². The van der Waals surface area contributed by atoms with E-state index in [-0.39, 0.29) is 5.75 Å². The van der Waals surface area contributed by atoms with Crippen LogP contribution in [0.2, 0.25) is 0 Å². The summed E-state index contributed by atoms with van der Waals surface area (Å²) >= 11 is 3.51. The Labute approximate surface area is 179 Å². The van der Waals surface area contributed by atoms with Crippen molar-refractivity contribution in [2.75, 3.05) is 10.6 Å². The van der Waals surface area contributed by atoms with E-state index in [2.05, 4.69) is 41.3 Å². The van der Waals surface area contributed by atoms with Crippen LogP contribution in [0.25, 0.3) is 11.3 Å². The van der Waals surface area contributed by atoms with Crippen LogP contribution in [-0.4, -0.2) is 22.4 Å². The average Bonchev–Trinajstić information content (AvgIpc) is 3.48. The van der Waals surface area contributed by atoms with E-state index >= 15 is 0 Å². The molecule has 1 aliphatic rings. The van der Waals surface area contributed by atoms with Crippen molar-refractivity contribution in [3.63, 3.8) is 0 Å². The monoisotopic (exact) mass is 478 g/mol. The van der Waals surface area contributed by atoms with E-state index in [9.17, 15) is 13.2 Å². The second kappa shape index (κ2) is 8.14. The lowest BCUT2D eigenvalue weighted by Crippen LogP contribution is -2.17. The zero-order valence-electron chi connectivity index (χ0n) is 15.9. The quantitative estimate of drug-likeness (QED) is 0.427. The first-order valence-corrected chi connectivity index (χ1v) is 10.1. The van der Waals surface area contributed by atoms with Crippen LogP contribution < -0.4 is 15.4 Å². The second-order valence-corrected chi connectivity index (χ2v) is 7.85. The number of nitrogens with one attached hydrogen (secondary N) is 2. The van der Waals surface area contributed by atoms with Gasteiger partial charge in [-0.25, -0.2) is 4.98 Å². The fourth-order valence-corrected chi connectivity index (χ4v) is 3.23. The molecule has 30 heavy (non-hydrogen) atoms. The number of nitrogens with zero attached hydrogens (tertiary/aromatic N) is 2. The summed E-state index contributed by atoms with van der Waals surface area (Å²) in [5.41, 5.74) is 2.85. The first kappa shape index (κ1) is 20.5. The van der Waals surface area contributed by atoms with Crippen LogP contribution in [0.15, 0.2) is 53.0 Å². The highest BCUT2D eigenvalue weighted by molar-refractivity contribution is 9.10. The van der Waals surface area contributed by atoms with Crippen molar-refractivity contribution in [3.05, 3.63) is 58.6 Å². The Morgan fingerprint density at radius 1 is 1.07 bits per heavy atom. The first-order chi connectivity index (χ1) is 14.3. The number of halogens is 4. The summed E-state index contributed by atoms with van der Waals surface area (Å²) < 4.78 is 42.8. The topological polar surface area (TPSA) is 59.1 Å². The molecule has 0 bridgehead atoms. The number of rotatable bonds is 6. The number of benzene rings is 2. The lowest BCUT2D eigenvalue weighted by molar-refractivity contribution is -0.274. The van der Waals surface area contributed by atoms with E-state index in [0.717, 1.165) is 28.6 Å². The summed E-state index contributed by atoms with van der Waals surface area (Å²) in [4.78, 5) is 9.02. The number of aromatic nitrogens is 2. The van der Waals surface area contributed by atoms with Gasteiger partial charge in [-0.2, -0.15) is 4.98 Å². The molecule has 1 fully saturated rings. The molecule has 1 aliphatic carbocycles. The Balaban J connectivity index is 1.70. The Bertz CT molecular complexity index is 1070. The average molecular weight is 479 g/mol. The van der Waals surface area contributed by atoms with Gasteiger partial charge in [0.05, 0.1) is 5.69 Å². The maximum atomic E-state index is 12.6. The van der Waals surface area contributed by atoms with Crippen LogP contribution >= 0.6 is 15.9 Å². The molecular formula is C21H18BrF3N4O. The molecule has 2 aromatic carbocycles. The molecule has 3 aromatic rings. The van der Waals surface area contributed by atoms with Crippen molar-refractivity contribution >= 4 is 33.4 Å². The highest BCUT2D eigenvalue weighted by Gasteiger charge is 2.31. The van der Waals surface area contributed by atoms with Gasteiger partial charge in [0.25, 0.3) is 0 Å². The molecule has 2 N–H and O–H groups in total. The number of hydrogen-bond acceptors (Lipinski definition) is 5. The molecule has 0 unspecified atom stereocenters. The van der Waals surface area contributed by atoms with Gasteiger partial charge < -0.3 is 15.4 Å². The third-order valence-electron chi connectivity index (χ3n) is 4.53. The summed E-state index contributed by atoms with van der Waals surface area (Å²) in [6.45, 7) is 1.97. The second-order valence-electron chi connectivity index (χ2n) is 6.99. The highest BCUT2D eigenvalue weighted by Crippen LogP contribution is 2.32. The Hall–Kier alpha value is -2.81. The van der Waals surface area contributed by atoms with Crippen molar-refractivity contribution in [1.82, 2.24) is 9.97 Å². The number of alkyl halides is 3. The van der Waals surface area contributed by atoms with E-state index in [1.807, 2.05) is 25.1 Å². The van der Waals surface area contributed by atoms with E-state index < -0.39 is 6.36 Å². The Kier molecular flexibility index (Phi) is 5.55. The zero-order valence-corrected chi connectivity index (χ0v) is 17.5. The molecule has 1 saturated carbocycles. The fourth-order valence-electron chi connectivity index (χ4n) is 2.87. The number of ether oxygens (including phenoxy) is 1. The van der Waals surface area contributed by atoms with E-state index in [0.29, 0.717) is 29.1 Å². The summed E-state index contributed by atoms with van der Waals surface area (Å²) in [5, 5.41) is 6.53. The van der Waals surface area contributed by atoms with Gasteiger partial charge in [-0.05, 0) is 49.6 Å². The molecule has 0 aliphatic heterocycles. The van der Waals surface area contributed by atoms with Gasteiger partial charge in [-0.15, -0.1) is 13.2 Å². The molecule has 0 radical (unpaired) electrons. The van der Waals surface area contributed by atoms with Gasteiger partial charge in [0, 0.05) is 27.8 Å². The molecule has 0 saturated heterocycles. The minimum Gasteiger partial charge on any atom is -0.406 e. The van der Waals surface area contributed by atoms with Gasteiger partial charge in [0.15, 0.2) is 0 Å². The standard InChI is InChI=1S/C21H18BrF3N4O/c1-12-16(22)6-3-7-17(12)27-19-11-18(28-20(29-19)26-14-8-9-14)13-4-2-5-15(10-13)30-21(23,24)25/h2-7,10-11,14H,8-9H2,1H3,(H2,26,27,28,29). The molecule has 4 rings (SSSR count). The molecule has 0 atom stereocenters. The predicted molar refractivity (Wildman–Crippen MR) is 113 cm³/mol. The maximum Gasteiger partial charge on any atom is 0.573 e. The smallest absolute Gasteiger partial charge is 0.406 e. The first-order valence-electron chi connectivity index (χ1n) is 9.31. The van der Waals surface area contributed by atoms with Crippen molar-refractivity contribution in [3.8, 4) is 17.0 Å². The van der Waals surface area contributed by atoms with Crippen molar-refractivity contribution in [2.24, 2.45) is 0 Å². The van der Waals surface area contributed by atoms with Crippen LogP contribution in [0.3, 0.4) is 0 Å². The van der Waals surface area contributed by atoms with Crippen LogP contribution in [-0.2, 0) is 0 Å². The molecular weight excluding hydrogens is 461 g/mol. The summed E-state index contributed by atoms with van der Waals surface area (Å²) in [6, 6.07) is 13.5. The zero-order chi connectivity index (χ0) is 21.3. The van der Waals surface area contributed by atoms with E-state index in [4.69, 9.17) is 0 Å². The van der Waals surface area contributed by atoms with Crippen LogP contribution in [0.5, 0.6) is 5.75 Å². The predicted octanol–water partition coefficient (Wildman–Crippen LogP) is 6.43. The van der Waals surface area contributed by atoms with Crippen molar-refractivity contribution < 1.29 is 17.9 Å². The summed E-state index contributed by atoms with van der Waals surface area (Å²) in [7, 11) is 0.